The summed E-state index contributed by atoms with van der Waals surface area (Å²) in [7, 11) is 0. The Morgan fingerprint density at radius 1 is 1.16 bits per heavy atom. The van der Waals surface area contributed by atoms with Gasteiger partial charge in [0.1, 0.15) is 5.69 Å². The molecule has 0 fully saturated rings. The summed E-state index contributed by atoms with van der Waals surface area (Å²) >= 11 is 0. The fourth-order valence-electron chi connectivity index (χ4n) is 3.01. The van der Waals surface area contributed by atoms with Gasteiger partial charge in [0.25, 0.3) is 11.6 Å². The van der Waals surface area contributed by atoms with E-state index in [1.165, 1.54) is 30.3 Å². The first-order valence-electron chi connectivity index (χ1n) is 10.0. The molecule has 0 aliphatic rings. The van der Waals surface area contributed by atoms with Gasteiger partial charge in [-0.05, 0) is 39.8 Å². The zero-order chi connectivity index (χ0) is 23.8. The molecular weight excluding hydrogens is 418 g/mol. The van der Waals surface area contributed by atoms with Gasteiger partial charge >= 0.3 is 11.9 Å². The van der Waals surface area contributed by atoms with Gasteiger partial charge in [0.05, 0.1) is 46.9 Å². The van der Waals surface area contributed by atoms with Gasteiger partial charge in [0.15, 0.2) is 0 Å². The first kappa shape index (κ1) is 24.4. The zero-order valence-corrected chi connectivity index (χ0v) is 18.3. The quantitative estimate of drug-likeness (QED) is 0.354. The van der Waals surface area contributed by atoms with Crippen molar-refractivity contribution in [3.63, 3.8) is 0 Å². The summed E-state index contributed by atoms with van der Waals surface area (Å²) in [5.41, 5.74) is 0.413. The smallest absolute Gasteiger partial charge is 0.339 e. The van der Waals surface area contributed by atoms with Gasteiger partial charge in [0.2, 0.25) is 0 Å². The molecule has 0 saturated heterocycles. The maximum absolute atomic E-state index is 12.9. The number of carbonyl (C=O) groups is 3. The fraction of sp³-hybridized carbons (Fsp3) is 0.364. The van der Waals surface area contributed by atoms with E-state index in [-0.39, 0.29) is 47.3 Å². The van der Waals surface area contributed by atoms with Crippen LogP contribution in [-0.4, -0.2) is 40.5 Å². The fourth-order valence-corrected chi connectivity index (χ4v) is 3.01. The Labute approximate surface area is 185 Å². The number of para-hydroxylation sites is 1. The van der Waals surface area contributed by atoms with Gasteiger partial charge in [-0.1, -0.05) is 18.2 Å². The van der Waals surface area contributed by atoms with Crippen molar-refractivity contribution in [3.8, 4) is 0 Å². The molecule has 32 heavy (non-hydrogen) atoms. The molecule has 1 N–H and O–H groups in total. The van der Waals surface area contributed by atoms with E-state index in [2.05, 4.69) is 10.3 Å². The van der Waals surface area contributed by atoms with E-state index in [4.69, 9.17) is 9.47 Å². The van der Waals surface area contributed by atoms with Crippen LogP contribution in [0.15, 0.2) is 36.4 Å². The number of ether oxygens (including phenoxy) is 2. The first-order valence-corrected chi connectivity index (χ1v) is 10.0. The number of nitrogens with zero attached hydrogens (tertiary/aromatic N) is 2. The molecule has 1 atom stereocenters. The number of aryl methyl sites for hydroxylation is 1. The highest BCUT2D eigenvalue weighted by Gasteiger charge is 2.27. The number of aromatic nitrogens is 1. The Morgan fingerprint density at radius 2 is 1.84 bits per heavy atom. The monoisotopic (exact) mass is 443 g/mol. The third-order valence-corrected chi connectivity index (χ3v) is 4.37. The van der Waals surface area contributed by atoms with Crippen LogP contribution in [0.3, 0.4) is 0 Å². The summed E-state index contributed by atoms with van der Waals surface area (Å²) in [5, 5.41) is 14.1. The van der Waals surface area contributed by atoms with Crippen LogP contribution in [-0.2, 0) is 14.3 Å². The van der Waals surface area contributed by atoms with Gasteiger partial charge < -0.3 is 14.8 Å². The molecule has 1 amide bonds. The van der Waals surface area contributed by atoms with Crippen molar-refractivity contribution >= 4 is 23.5 Å². The Bertz CT molecular complexity index is 1020. The molecule has 1 unspecified atom stereocenters. The number of benzene rings is 1. The second kappa shape index (κ2) is 11.0. The molecule has 0 bridgehead atoms. The maximum Gasteiger partial charge on any atom is 0.339 e. The molecule has 170 valence electrons. The Balaban J connectivity index is 2.34. The van der Waals surface area contributed by atoms with Crippen molar-refractivity contribution in [1.29, 1.82) is 0 Å². The lowest BCUT2D eigenvalue weighted by Gasteiger charge is -2.19. The van der Waals surface area contributed by atoms with Crippen molar-refractivity contribution in [2.75, 3.05) is 6.61 Å². The summed E-state index contributed by atoms with van der Waals surface area (Å²) < 4.78 is 10.1. The minimum atomic E-state index is -1.03. The first-order chi connectivity index (χ1) is 15.1. The molecule has 0 spiro atoms. The number of nitro groups is 1. The largest absolute Gasteiger partial charge is 0.463 e. The number of amides is 1. The summed E-state index contributed by atoms with van der Waals surface area (Å²) in [5.74, 6) is -1.84. The van der Waals surface area contributed by atoms with Crippen molar-refractivity contribution in [2.24, 2.45) is 0 Å². The Hall–Kier alpha value is -3.82. The summed E-state index contributed by atoms with van der Waals surface area (Å²) in [6, 6.07) is 7.56. The highest BCUT2D eigenvalue weighted by atomic mass is 16.6. The molecule has 1 aromatic heterocycles. The Kier molecular flexibility index (Phi) is 8.39. The predicted molar refractivity (Wildman–Crippen MR) is 114 cm³/mol. The van der Waals surface area contributed by atoms with E-state index in [1.54, 1.807) is 33.8 Å². The summed E-state index contributed by atoms with van der Waals surface area (Å²) in [4.78, 5) is 52.1. The van der Waals surface area contributed by atoms with Gasteiger partial charge in [-0.15, -0.1) is 0 Å². The second-order valence-corrected chi connectivity index (χ2v) is 7.13. The van der Waals surface area contributed by atoms with E-state index in [0.29, 0.717) is 0 Å². The average Bonchev–Trinajstić information content (AvgIpc) is 2.72. The molecule has 10 nitrogen and oxygen atoms in total. The van der Waals surface area contributed by atoms with E-state index in [0.717, 1.165) is 0 Å². The Morgan fingerprint density at radius 3 is 2.44 bits per heavy atom. The molecule has 10 heteroatoms. The standard InChI is InChI=1S/C22H25N3O7/c1-5-31-22(28)15-10-11-17(23-14(15)4)21(27)24-18(12-20(26)32-13(2)3)16-8-6-7-9-19(16)25(29)30/h6-11,13,18H,5,12H2,1-4H3,(H,24,27). The normalized spacial score (nSPS) is 11.5. The molecular formula is C22H25N3O7. The molecule has 0 saturated carbocycles. The van der Waals surface area contributed by atoms with Crippen molar-refractivity contribution < 1.29 is 28.8 Å². The van der Waals surface area contributed by atoms with Gasteiger partial charge in [-0.3, -0.25) is 19.7 Å². The number of nitrogens with one attached hydrogen (secondary N) is 1. The topological polar surface area (TPSA) is 138 Å². The third kappa shape index (κ3) is 6.34. The van der Waals surface area contributed by atoms with Crippen molar-refractivity contribution in [3.05, 3.63) is 69.0 Å². The van der Waals surface area contributed by atoms with Crippen LogP contribution in [0.4, 0.5) is 5.69 Å². The lowest BCUT2D eigenvalue weighted by molar-refractivity contribution is -0.385. The van der Waals surface area contributed by atoms with Crippen LogP contribution in [0.5, 0.6) is 0 Å². The van der Waals surface area contributed by atoms with Crippen molar-refractivity contribution in [2.45, 2.75) is 46.3 Å². The van der Waals surface area contributed by atoms with E-state index >= 15 is 0 Å². The summed E-state index contributed by atoms with van der Waals surface area (Å²) in [6.07, 6.45) is -0.696. The van der Waals surface area contributed by atoms with Gasteiger partial charge in [-0.25, -0.2) is 9.78 Å². The minimum absolute atomic E-state index is 0.0173. The van der Waals surface area contributed by atoms with E-state index in [9.17, 15) is 24.5 Å². The molecule has 0 aliphatic heterocycles. The highest BCUT2D eigenvalue weighted by Crippen LogP contribution is 2.28. The van der Waals surface area contributed by atoms with E-state index < -0.39 is 28.8 Å². The van der Waals surface area contributed by atoms with Crippen LogP contribution in [0, 0.1) is 17.0 Å². The number of hydrogen-bond acceptors (Lipinski definition) is 8. The number of pyridine rings is 1. The maximum atomic E-state index is 12.9. The molecule has 1 aromatic carbocycles. The number of rotatable bonds is 9. The number of carbonyl (C=O) groups excluding carboxylic acids is 3. The third-order valence-electron chi connectivity index (χ3n) is 4.37. The average molecular weight is 443 g/mol. The van der Waals surface area contributed by atoms with Crippen LogP contribution < -0.4 is 5.32 Å². The summed E-state index contributed by atoms with van der Waals surface area (Å²) in [6.45, 7) is 6.78. The lowest BCUT2D eigenvalue weighted by atomic mass is 10.0. The van der Waals surface area contributed by atoms with Crippen LogP contribution in [0.25, 0.3) is 0 Å². The van der Waals surface area contributed by atoms with Gasteiger partial charge in [-0.2, -0.15) is 0 Å². The second-order valence-electron chi connectivity index (χ2n) is 7.13. The van der Waals surface area contributed by atoms with E-state index in [1.807, 2.05) is 0 Å². The number of hydrogen-bond donors (Lipinski definition) is 1. The predicted octanol–water partition coefficient (Wildman–Crippen LogP) is 3.29. The number of esters is 2. The van der Waals surface area contributed by atoms with Crippen LogP contribution >= 0.6 is 0 Å². The lowest BCUT2D eigenvalue weighted by Crippen LogP contribution is -2.32. The van der Waals surface area contributed by atoms with Crippen LogP contribution in [0.1, 0.15) is 65.3 Å². The van der Waals surface area contributed by atoms with Crippen LogP contribution in [0.2, 0.25) is 0 Å². The minimum Gasteiger partial charge on any atom is -0.463 e. The molecule has 0 radical (unpaired) electrons. The van der Waals surface area contributed by atoms with Gasteiger partial charge in [0, 0.05) is 6.07 Å². The molecule has 2 rings (SSSR count). The molecule has 1 heterocycles. The molecule has 0 aliphatic carbocycles. The highest BCUT2D eigenvalue weighted by molar-refractivity contribution is 5.95. The number of nitro benzene ring substituents is 1. The SMILES string of the molecule is CCOC(=O)c1ccc(C(=O)NC(CC(=O)OC(C)C)c2ccccc2[N+](=O)[O-])nc1C. The zero-order valence-electron chi connectivity index (χ0n) is 18.3. The van der Waals surface area contributed by atoms with Crippen molar-refractivity contribution in [1.82, 2.24) is 10.3 Å². The molecule has 2 aromatic rings.